The Hall–Kier alpha value is -0.810. The van der Waals surface area contributed by atoms with E-state index in [1.54, 1.807) is 12.1 Å². The predicted octanol–water partition coefficient (Wildman–Crippen LogP) is 2.38. The van der Waals surface area contributed by atoms with Crippen molar-refractivity contribution in [3.05, 3.63) is 22.6 Å². The number of furan rings is 1. The molecule has 0 aliphatic carbocycles. The van der Waals surface area contributed by atoms with Crippen molar-refractivity contribution in [3.8, 4) is 0 Å². The summed E-state index contributed by atoms with van der Waals surface area (Å²) in [7, 11) is 0. The highest BCUT2D eigenvalue weighted by Crippen LogP contribution is 2.25. The first-order valence-corrected chi connectivity index (χ1v) is 6.71. The third-order valence-corrected chi connectivity index (χ3v) is 3.74. The molecule has 2 atom stereocenters. The van der Waals surface area contributed by atoms with Gasteiger partial charge in [0.15, 0.2) is 10.4 Å². The number of hydrogen-bond acceptors (Lipinski definition) is 3. The number of piperidine rings is 1. The highest BCUT2D eigenvalue weighted by Gasteiger charge is 2.32. The number of likely N-dealkylation sites (tertiary alicyclic amines) is 1. The van der Waals surface area contributed by atoms with Gasteiger partial charge in [0, 0.05) is 18.6 Å². The zero-order chi connectivity index (χ0) is 12.4. The van der Waals surface area contributed by atoms with Crippen molar-refractivity contribution in [2.75, 3.05) is 6.54 Å². The van der Waals surface area contributed by atoms with E-state index in [0.29, 0.717) is 17.0 Å². The molecule has 0 radical (unpaired) electrons. The molecule has 17 heavy (non-hydrogen) atoms. The average molecular weight is 301 g/mol. The summed E-state index contributed by atoms with van der Waals surface area (Å²) in [5, 5.41) is 0. The van der Waals surface area contributed by atoms with Crippen molar-refractivity contribution < 1.29 is 9.21 Å². The summed E-state index contributed by atoms with van der Waals surface area (Å²) in [6, 6.07) is 3.80. The van der Waals surface area contributed by atoms with Crippen LogP contribution in [0.15, 0.2) is 21.2 Å². The Labute approximate surface area is 109 Å². The molecule has 1 aliphatic rings. The van der Waals surface area contributed by atoms with Gasteiger partial charge in [0.2, 0.25) is 0 Å². The fourth-order valence-electron chi connectivity index (χ4n) is 2.44. The van der Waals surface area contributed by atoms with Gasteiger partial charge in [-0.25, -0.2) is 0 Å². The van der Waals surface area contributed by atoms with Crippen LogP contribution in [0, 0.1) is 0 Å². The molecule has 1 aromatic rings. The second-order valence-electron chi connectivity index (χ2n) is 4.49. The second-order valence-corrected chi connectivity index (χ2v) is 5.27. The number of rotatable bonds is 2. The van der Waals surface area contributed by atoms with Gasteiger partial charge in [-0.3, -0.25) is 4.79 Å². The summed E-state index contributed by atoms with van der Waals surface area (Å²) in [4.78, 5) is 14.2. The van der Waals surface area contributed by atoms with Crippen molar-refractivity contribution in [1.29, 1.82) is 0 Å². The van der Waals surface area contributed by atoms with Crippen molar-refractivity contribution in [2.45, 2.75) is 38.3 Å². The Morgan fingerprint density at radius 3 is 2.94 bits per heavy atom. The first kappa shape index (κ1) is 12.6. The minimum atomic E-state index is -0.0571. The van der Waals surface area contributed by atoms with Crippen LogP contribution in [0.4, 0.5) is 0 Å². The number of amides is 1. The Bertz CT molecular complexity index is 405. The van der Waals surface area contributed by atoms with Gasteiger partial charge in [-0.05, 0) is 54.2 Å². The second kappa shape index (κ2) is 5.23. The molecule has 2 rings (SSSR count). The zero-order valence-corrected chi connectivity index (χ0v) is 11.4. The Morgan fingerprint density at radius 1 is 1.59 bits per heavy atom. The van der Waals surface area contributed by atoms with E-state index in [1.807, 2.05) is 4.90 Å². The molecule has 1 aromatic heterocycles. The summed E-state index contributed by atoms with van der Waals surface area (Å²) in [6.07, 6.45) is 3.15. The van der Waals surface area contributed by atoms with Crippen LogP contribution in [0.5, 0.6) is 0 Å². The summed E-state index contributed by atoms with van der Waals surface area (Å²) >= 11 is 3.21. The summed E-state index contributed by atoms with van der Waals surface area (Å²) in [5.41, 5.74) is 5.74. The molecule has 1 aliphatic heterocycles. The molecule has 0 saturated carbocycles. The predicted molar refractivity (Wildman–Crippen MR) is 68.7 cm³/mol. The van der Waals surface area contributed by atoms with E-state index < -0.39 is 0 Å². The number of nitrogens with zero attached hydrogens (tertiary/aromatic N) is 1. The maximum Gasteiger partial charge on any atom is 0.290 e. The van der Waals surface area contributed by atoms with Crippen LogP contribution in [0.2, 0.25) is 0 Å². The largest absolute Gasteiger partial charge is 0.444 e. The number of halogens is 1. The van der Waals surface area contributed by atoms with Crippen LogP contribution in [-0.2, 0) is 0 Å². The Kier molecular flexibility index (Phi) is 3.89. The molecule has 0 bridgehead atoms. The SMILES string of the molecule is CC1CCCC(CN)N1C(=O)c1ccc(Br)o1. The number of carbonyl (C=O) groups excluding carboxylic acids is 1. The molecule has 94 valence electrons. The van der Waals surface area contributed by atoms with Gasteiger partial charge in [-0.15, -0.1) is 0 Å². The van der Waals surface area contributed by atoms with Crippen molar-refractivity contribution in [3.63, 3.8) is 0 Å². The zero-order valence-electron chi connectivity index (χ0n) is 9.86. The normalized spacial score (nSPS) is 25.0. The highest BCUT2D eigenvalue weighted by molar-refractivity contribution is 9.10. The first-order valence-electron chi connectivity index (χ1n) is 5.91. The molecule has 2 heterocycles. The van der Waals surface area contributed by atoms with Crippen LogP contribution in [0.25, 0.3) is 0 Å². The number of carbonyl (C=O) groups is 1. The van der Waals surface area contributed by atoms with Crippen molar-refractivity contribution >= 4 is 21.8 Å². The van der Waals surface area contributed by atoms with Crippen molar-refractivity contribution in [2.24, 2.45) is 5.73 Å². The third-order valence-electron chi connectivity index (χ3n) is 3.32. The molecule has 1 fully saturated rings. The van der Waals surface area contributed by atoms with Crippen LogP contribution < -0.4 is 5.73 Å². The topological polar surface area (TPSA) is 59.5 Å². The first-order chi connectivity index (χ1) is 8.13. The summed E-state index contributed by atoms with van der Waals surface area (Å²) < 4.78 is 5.90. The van der Waals surface area contributed by atoms with Gasteiger partial charge in [-0.1, -0.05) is 0 Å². The minimum Gasteiger partial charge on any atom is -0.444 e. The molecule has 1 saturated heterocycles. The minimum absolute atomic E-state index is 0.0571. The molecule has 2 N–H and O–H groups in total. The summed E-state index contributed by atoms with van der Waals surface area (Å²) in [5.74, 6) is 0.322. The van der Waals surface area contributed by atoms with Gasteiger partial charge in [0.25, 0.3) is 5.91 Å². The lowest BCUT2D eigenvalue weighted by Gasteiger charge is -2.39. The van der Waals surface area contributed by atoms with Gasteiger partial charge in [-0.2, -0.15) is 0 Å². The third kappa shape index (κ3) is 2.55. The maximum atomic E-state index is 12.3. The van der Waals surface area contributed by atoms with Crippen LogP contribution in [0.3, 0.4) is 0 Å². The summed E-state index contributed by atoms with van der Waals surface area (Å²) in [6.45, 7) is 2.58. The fraction of sp³-hybridized carbons (Fsp3) is 0.583. The van der Waals surface area contributed by atoms with E-state index in [0.717, 1.165) is 19.3 Å². The lowest BCUT2D eigenvalue weighted by atomic mass is 9.96. The van der Waals surface area contributed by atoms with Crippen LogP contribution in [-0.4, -0.2) is 29.4 Å². The van der Waals surface area contributed by atoms with E-state index in [9.17, 15) is 4.79 Å². The van der Waals surface area contributed by atoms with Gasteiger partial charge in [0.05, 0.1) is 0 Å². The maximum absolute atomic E-state index is 12.3. The van der Waals surface area contributed by atoms with E-state index in [-0.39, 0.29) is 18.0 Å². The molecule has 0 aromatic carbocycles. The van der Waals surface area contributed by atoms with Gasteiger partial charge in [0.1, 0.15) is 0 Å². The quantitative estimate of drug-likeness (QED) is 0.912. The highest BCUT2D eigenvalue weighted by atomic mass is 79.9. The van der Waals surface area contributed by atoms with Crippen LogP contribution >= 0.6 is 15.9 Å². The number of hydrogen-bond donors (Lipinski definition) is 1. The molecule has 4 nitrogen and oxygen atoms in total. The lowest BCUT2D eigenvalue weighted by molar-refractivity contribution is 0.0461. The van der Waals surface area contributed by atoms with E-state index in [1.165, 1.54) is 0 Å². The van der Waals surface area contributed by atoms with Gasteiger partial charge < -0.3 is 15.1 Å². The molecular weight excluding hydrogens is 284 g/mol. The Balaban J connectivity index is 2.21. The van der Waals surface area contributed by atoms with Gasteiger partial charge >= 0.3 is 0 Å². The monoisotopic (exact) mass is 300 g/mol. The lowest BCUT2D eigenvalue weighted by Crippen LogP contribution is -2.51. The van der Waals surface area contributed by atoms with Crippen molar-refractivity contribution in [1.82, 2.24) is 4.90 Å². The molecule has 0 spiro atoms. The smallest absolute Gasteiger partial charge is 0.290 e. The number of nitrogens with two attached hydrogens (primary N) is 1. The van der Waals surface area contributed by atoms with E-state index in [4.69, 9.17) is 10.2 Å². The molecule has 2 unspecified atom stereocenters. The van der Waals surface area contributed by atoms with E-state index >= 15 is 0 Å². The Morgan fingerprint density at radius 2 is 2.35 bits per heavy atom. The van der Waals surface area contributed by atoms with Crippen LogP contribution in [0.1, 0.15) is 36.7 Å². The average Bonchev–Trinajstić information content (AvgIpc) is 2.74. The fourth-order valence-corrected chi connectivity index (χ4v) is 2.75. The molecular formula is C12H17BrN2O2. The molecule has 1 amide bonds. The van der Waals surface area contributed by atoms with E-state index in [2.05, 4.69) is 22.9 Å². The standard InChI is InChI=1S/C12H17BrN2O2/c1-8-3-2-4-9(7-14)15(8)12(16)10-5-6-11(13)17-10/h5-6,8-9H,2-4,7,14H2,1H3. The molecule has 5 heteroatoms.